The Bertz CT molecular complexity index is 307. The van der Waals surface area contributed by atoms with E-state index in [1.807, 2.05) is 6.92 Å². The van der Waals surface area contributed by atoms with Gasteiger partial charge in [0.1, 0.15) is 0 Å². The maximum atomic E-state index is 11.9. The Kier molecular flexibility index (Phi) is 4.79. The van der Waals surface area contributed by atoms with Crippen molar-refractivity contribution in [3.8, 4) is 0 Å². The molecule has 1 rings (SSSR count). The fourth-order valence-corrected chi connectivity index (χ4v) is 1.33. The fraction of sp³-hybridized carbons (Fsp3) is 0.700. The van der Waals surface area contributed by atoms with Gasteiger partial charge in [0.2, 0.25) is 0 Å². The van der Waals surface area contributed by atoms with E-state index < -0.39 is 12.6 Å². The fourth-order valence-electron chi connectivity index (χ4n) is 1.33. The minimum absolute atomic E-state index is 0.0752. The van der Waals surface area contributed by atoms with Crippen LogP contribution < -0.4 is 5.32 Å². The molecule has 92 valence electrons. The van der Waals surface area contributed by atoms with Crippen LogP contribution in [0, 0.1) is 0 Å². The highest BCUT2D eigenvalue weighted by Gasteiger charge is 2.25. The van der Waals surface area contributed by atoms with Crippen molar-refractivity contribution in [2.45, 2.75) is 39.0 Å². The molecule has 1 heterocycles. The van der Waals surface area contributed by atoms with E-state index in [9.17, 15) is 13.2 Å². The summed E-state index contributed by atoms with van der Waals surface area (Å²) in [7, 11) is 0. The van der Waals surface area contributed by atoms with Gasteiger partial charge in [-0.1, -0.05) is 6.92 Å². The van der Waals surface area contributed by atoms with Gasteiger partial charge in [-0.25, -0.2) is 0 Å². The Hall–Kier alpha value is -1.04. The van der Waals surface area contributed by atoms with Crippen LogP contribution in [-0.2, 0) is 13.1 Å². The predicted octanol–water partition coefficient (Wildman–Crippen LogP) is 2.34. The molecule has 0 aliphatic rings. The van der Waals surface area contributed by atoms with Crippen LogP contribution in [0.1, 0.15) is 25.3 Å². The number of aryl methyl sites for hydroxylation is 1. The monoisotopic (exact) mass is 235 g/mol. The van der Waals surface area contributed by atoms with Gasteiger partial charge in [-0.3, -0.25) is 4.68 Å². The van der Waals surface area contributed by atoms with Crippen molar-refractivity contribution in [3.05, 3.63) is 18.0 Å². The molecular weight excluding hydrogens is 219 g/mol. The Labute approximate surface area is 92.6 Å². The number of alkyl halides is 3. The molecule has 1 N–H and O–H groups in total. The molecule has 0 unspecified atom stereocenters. The zero-order valence-electron chi connectivity index (χ0n) is 9.22. The highest BCUT2D eigenvalue weighted by Crippen LogP contribution is 2.21. The lowest BCUT2D eigenvalue weighted by Crippen LogP contribution is -2.11. The van der Waals surface area contributed by atoms with Crippen molar-refractivity contribution in [2.24, 2.45) is 0 Å². The standard InChI is InChI=1S/C10H16F3N3/c1-2-14-6-9-7-15-16(8-9)5-3-4-10(11,12)13/h7-8,14H,2-6H2,1H3. The summed E-state index contributed by atoms with van der Waals surface area (Å²) in [6.45, 7) is 3.87. The van der Waals surface area contributed by atoms with Gasteiger partial charge in [-0.2, -0.15) is 18.3 Å². The molecule has 0 fully saturated rings. The molecule has 3 nitrogen and oxygen atoms in total. The van der Waals surface area contributed by atoms with Crippen LogP contribution in [0.15, 0.2) is 12.4 Å². The Morgan fingerprint density at radius 2 is 2.19 bits per heavy atom. The Morgan fingerprint density at radius 1 is 1.44 bits per heavy atom. The van der Waals surface area contributed by atoms with Crippen molar-refractivity contribution in [1.82, 2.24) is 15.1 Å². The lowest BCUT2D eigenvalue weighted by molar-refractivity contribution is -0.136. The highest BCUT2D eigenvalue weighted by molar-refractivity contribution is 5.03. The van der Waals surface area contributed by atoms with E-state index in [1.165, 1.54) is 0 Å². The number of hydrogen-bond donors (Lipinski definition) is 1. The summed E-state index contributed by atoms with van der Waals surface area (Å²) in [5.41, 5.74) is 0.994. The van der Waals surface area contributed by atoms with E-state index >= 15 is 0 Å². The van der Waals surface area contributed by atoms with Gasteiger partial charge in [-0.05, 0) is 13.0 Å². The van der Waals surface area contributed by atoms with Crippen LogP contribution in [0.4, 0.5) is 13.2 Å². The third-order valence-corrected chi connectivity index (χ3v) is 2.11. The second kappa shape index (κ2) is 5.89. The first-order chi connectivity index (χ1) is 7.51. The van der Waals surface area contributed by atoms with Crippen molar-refractivity contribution in [3.63, 3.8) is 0 Å². The molecule has 0 atom stereocenters. The molecule has 0 spiro atoms. The Morgan fingerprint density at radius 3 is 2.81 bits per heavy atom. The summed E-state index contributed by atoms with van der Waals surface area (Å²) in [5.74, 6) is 0. The lowest BCUT2D eigenvalue weighted by Gasteiger charge is -2.05. The number of hydrogen-bond acceptors (Lipinski definition) is 2. The second-order valence-electron chi connectivity index (χ2n) is 3.61. The zero-order valence-corrected chi connectivity index (χ0v) is 9.22. The van der Waals surface area contributed by atoms with E-state index in [2.05, 4.69) is 10.4 Å². The summed E-state index contributed by atoms with van der Waals surface area (Å²) < 4.78 is 37.2. The molecule has 0 radical (unpaired) electrons. The first-order valence-electron chi connectivity index (χ1n) is 5.30. The second-order valence-corrected chi connectivity index (χ2v) is 3.61. The first-order valence-corrected chi connectivity index (χ1v) is 5.30. The topological polar surface area (TPSA) is 29.9 Å². The molecule has 16 heavy (non-hydrogen) atoms. The van der Waals surface area contributed by atoms with Crippen LogP contribution in [0.2, 0.25) is 0 Å². The molecule has 0 saturated carbocycles. The summed E-state index contributed by atoms with van der Waals surface area (Å²) in [6.07, 6.45) is -1.30. The number of rotatable bonds is 6. The minimum atomic E-state index is -4.07. The molecule has 1 aromatic rings. The predicted molar refractivity (Wildman–Crippen MR) is 54.9 cm³/mol. The summed E-state index contributed by atoms with van der Waals surface area (Å²) >= 11 is 0. The SMILES string of the molecule is CCNCc1cnn(CCCC(F)(F)F)c1. The molecular formula is C10H16F3N3. The van der Waals surface area contributed by atoms with Crippen LogP contribution in [0.25, 0.3) is 0 Å². The quantitative estimate of drug-likeness (QED) is 0.820. The van der Waals surface area contributed by atoms with Crippen LogP contribution in [-0.4, -0.2) is 22.5 Å². The number of halogens is 3. The summed E-state index contributed by atoms with van der Waals surface area (Å²) in [6, 6.07) is 0. The normalized spacial score (nSPS) is 12.0. The van der Waals surface area contributed by atoms with Gasteiger partial charge in [0.15, 0.2) is 0 Å². The first kappa shape index (κ1) is 13.0. The lowest BCUT2D eigenvalue weighted by atomic mass is 10.3. The largest absolute Gasteiger partial charge is 0.389 e. The van der Waals surface area contributed by atoms with Gasteiger partial charge >= 0.3 is 6.18 Å². The summed E-state index contributed by atoms with van der Waals surface area (Å²) in [4.78, 5) is 0. The minimum Gasteiger partial charge on any atom is -0.313 e. The molecule has 0 aliphatic carbocycles. The number of nitrogens with one attached hydrogen (secondary N) is 1. The smallest absolute Gasteiger partial charge is 0.313 e. The molecule has 0 bridgehead atoms. The van der Waals surface area contributed by atoms with Crippen molar-refractivity contribution >= 4 is 0 Å². The third kappa shape index (κ3) is 5.16. The molecule has 0 aromatic carbocycles. The number of aromatic nitrogens is 2. The van der Waals surface area contributed by atoms with E-state index in [0.717, 1.165) is 12.1 Å². The average molecular weight is 235 g/mol. The van der Waals surface area contributed by atoms with Crippen LogP contribution in [0.3, 0.4) is 0 Å². The van der Waals surface area contributed by atoms with Crippen molar-refractivity contribution in [2.75, 3.05) is 6.54 Å². The van der Waals surface area contributed by atoms with Crippen LogP contribution in [0.5, 0.6) is 0 Å². The average Bonchev–Trinajstić information content (AvgIpc) is 2.61. The highest BCUT2D eigenvalue weighted by atomic mass is 19.4. The molecule has 1 aromatic heterocycles. The molecule has 0 amide bonds. The molecule has 0 aliphatic heterocycles. The van der Waals surface area contributed by atoms with E-state index in [0.29, 0.717) is 13.1 Å². The maximum Gasteiger partial charge on any atom is 0.389 e. The van der Waals surface area contributed by atoms with Gasteiger partial charge in [0, 0.05) is 31.3 Å². The Balaban J connectivity index is 2.29. The molecule has 0 saturated heterocycles. The van der Waals surface area contributed by atoms with Gasteiger partial charge < -0.3 is 5.32 Å². The molecule has 6 heteroatoms. The van der Waals surface area contributed by atoms with Crippen molar-refractivity contribution in [1.29, 1.82) is 0 Å². The van der Waals surface area contributed by atoms with Gasteiger partial charge in [0.25, 0.3) is 0 Å². The van der Waals surface area contributed by atoms with Crippen molar-refractivity contribution < 1.29 is 13.2 Å². The van der Waals surface area contributed by atoms with Gasteiger partial charge in [0.05, 0.1) is 6.20 Å². The van der Waals surface area contributed by atoms with E-state index in [1.54, 1.807) is 17.1 Å². The van der Waals surface area contributed by atoms with E-state index in [4.69, 9.17) is 0 Å². The number of nitrogens with zero attached hydrogens (tertiary/aromatic N) is 2. The third-order valence-electron chi connectivity index (χ3n) is 2.11. The zero-order chi connectivity index (χ0) is 12.0. The van der Waals surface area contributed by atoms with Gasteiger partial charge in [-0.15, -0.1) is 0 Å². The summed E-state index contributed by atoms with van der Waals surface area (Å²) in [5, 5.41) is 7.12. The maximum absolute atomic E-state index is 11.9. The van der Waals surface area contributed by atoms with E-state index in [-0.39, 0.29) is 6.42 Å². The van der Waals surface area contributed by atoms with Crippen LogP contribution >= 0.6 is 0 Å².